The molecule has 2 aromatic rings. The maximum atomic E-state index is 13.4. The summed E-state index contributed by atoms with van der Waals surface area (Å²) in [6, 6.07) is 8.22. The summed E-state index contributed by atoms with van der Waals surface area (Å²) < 4.78 is 13.4. The Bertz CT molecular complexity index is 537. The van der Waals surface area contributed by atoms with E-state index in [1.165, 1.54) is 6.07 Å². The first-order chi connectivity index (χ1) is 7.22. The predicted molar refractivity (Wildman–Crippen MR) is 53.4 cm³/mol. The third-order valence-electron chi connectivity index (χ3n) is 2.07. The zero-order valence-corrected chi connectivity index (χ0v) is 8.08. The molecule has 1 aromatic carbocycles. The van der Waals surface area contributed by atoms with E-state index in [1.807, 2.05) is 6.07 Å². The van der Waals surface area contributed by atoms with E-state index >= 15 is 0 Å². The normalized spacial score (nSPS) is 9.93. The fraction of sp³-hybridized carbons (Fsp3) is 0.0909. The zero-order chi connectivity index (χ0) is 10.8. The van der Waals surface area contributed by atoms with Gasteiger partial charge in [-0.05, 0) is 19.1 Å². The average molecular weight is 201 g/mol. The van der Waals surface area contributed by atoms with Gasteiger partial charge in [0.1, 0.15) is 17.7 Å². The van der Waals surface area contributed by atoms with Crippen molar-refractivity contribution in [1.82, 2.24) is 9.97 Å². The van der Waals surface area contributed by atoms with Gasteiger partial charge in [0.15, 0.2) is 5.69 Å². The molecule has 0 saturated heterocycles. The molecule has 1 heterocycles. The van der Waals surface area contributed by atoms with Gasteiger partial charge in [0.25, 0.3) is 0 Å². The highest BCUT2D eigenvalue weighted by Gasteiger charge is 2.12. The molecule has 0 aliphatic carbocycles. The van der Waals surface area contributed by atoms with Crippen LogP contribution in [0.3, 0.4) is 0 Å². The Labute approximate surface area is 86.2 Å². The number of rotatable bonds is 1. The van der Waals surface area contributed by atoms with E-state index in [2.05, 4.69) is 9.97 Å². The number of benzene rings is 1. The average Bonchev–Trinajstić information content (AvgIpc) is 2.60. The number of nitrogens with one attached hydrogen (secondary N) is 1. The SMILES string of the molecule is Cc1nc(C#N)c(-c2ccccc2F)[nH]1. The van der Waals surface area contributed by atoms with Gasteiger partial charge in [-0.2, -0.15) is 5.26 Å². The van der Waals surface area contributed by atoms with Crippen LogP contribution >= 0.6 is 0 Å². The Hall–Kier alpha value is -2.15. The van der Waals surface area contributed by atoms with Gasteiger partial charge >= 0.3 is 0 Å². The van der Waals surface area contributed by atoms with Gasteiger partial charge in [-0.15, -0.1) is 0 Å². The van der Waals surface area contributed by atoms with Gasteiger partial charge in [-0.25, -0.2) is 9.37 Å². The molecule has 3 nitrogen and oxygen atoms in total. The second-order valence-electron chi connectivity index (χ2n) is 3.14. The maximum Gasteiger partial charge on any atom is 0.166 e. The molecule has 2 rings (SSSR count). The number of aromatic amines is 1. The molecule has 0 amide bonds. The van der Waals surface area contributed by atoms with E-state index in [1.54, 1.807) is 25.1 Å². The monoisotopic (exact) mass is 201 g/mol. The van der Waals surface area contributed by atoms with E-state index in [0.717, 1.165) is 0 Å². The Morgan fingerprint density at radius 2 is 2.13 bits per heavy atom. The molecule has 0 saturated carbocycles. The van der Waals surface area contributed by atoms with Gasteiger partial charge in [-0.3, -0.25) is 0 Å². The van der Waals surface area contributed by atoms with Crippen LogP contribution in [-0.4, -0.2) is 9.97 Å². The molecule has 0 fully saturated rings. The minimum absolute atomic E-state index is 0.220. The van der Waals surface area contributed by atoms with Crippen LogP contribution < -0.4 is 0 Å². The lowest BCUT2D eigenvalue weighted by Crippen LogP contribution is -1.86. The molecule has 4 heteroatoms. The lowest BCUT2D eigenvalue weighted by molar-refractivity contribution is 0.631. The fourth-order valence-corrected chi connectivity index (χ4v) is 1.43. The number of hydrogen-bond donors (Lipinski definition) is 1. The second-order valence-corrected chi connectivity index (χ2v) is 3.14. The van der Waals surface area contributed by atoms with Crippen LogP contribution in [0.4, 0.5) is 4.39 Å². The van der Waals surface area contributed by atoms with Crippen molar-refractivity contribution >= 4 is 0 Å². The van der Waals surface area contributed by atoms with Crippen LogP contribution in [0.5, 0.6) is 0 Å². The summed E-state index contributed by atoms with van der Waals surface area (Å²) in [6.45, 7) is 1.73. The molecule has 15 heavy (non-hydrogen) atoms. The van der Waals surface area contributed by atoms with Gasteiger partial charge < -0.3 is 4.98 Å². The summed E-state index contributed by atoms with van der Waals surface area (Å²) in [7, 11) is 0. The van der Waals surface area contributed by atoms with Crippen molar-refractivity contribution in [2.45, 2.75) is 6.92 Å². The van der Waals surface area contributed by atoms with Crippen LogP contribution in [0.15, 0.2) is 24.3 Å². The Morgan fingerprint density at radius 3 is 2.80 bits per heavy atom. The van der Waals surface area contributed by atoms with E-state index in [0.29, 0.717) is 17.1 Å². The van der Waals surface area contributed by atoms with Crippen molar-refractivity contribution in [1.29, 1.82) is 5.26 Å². The molecule has 0 bridgehead atoms. The van der Waals surface area contributed by atoms with Crippen LogP contribution in [-0.2, 0) is 0 Å². The molecule has 1 N–H and O–H groups in total. The summed E-state index contributed by atoms with van der Waals surface area (Å²) in [5.41, 5.74) is 1.03. The predicted octanol–water partition coefficient (Wildman–Crippen LogP) is 2.40. The molecular formula is C11H8FN3. The van der Waals surface area contributed by atoms with Crippen molar-refractivity contribution in [3.05, 3.63) is 41.6 Å². The van der Waals surface area contributed by atoms with Gasteiger partial charge in [0.2, 0.25) is 0 Å². The Balaban J connectivity index is 2.65. The van der Waals surface area contributed by atoms with Crippen LogP contribution in [0.25, 0.3) is 11.3 Å². The van der Waals surface area contributed by atoms with Crippen molar-refractivity contribution in [2.24, 2.45) is 0 Å². The van der Waals surface area contributed by atoms with Crippen molar-refractivity contribution in [3.8, 4) is 17.3 Å². The van der Waals surface area contributed by atoms with Crippen LogP contribution in [0.1, 0.15) is 11.5 Å². The molecular weight excluding hydrogens is 193 g/mol. The summed E-state index contributed by atoms with van der Waals surface area (Å²) in [6.07, 6.45) is 0. The van der Waals surface area contributed by atoms with E-state index in [4.69, 9.17) is 5.26 Å². The molecule has 0 spiro atoms. The first kappa shape index (κ1) is 9.41. The van der Waals surface area contributed by atoms with E-state index < -0.39 is 0 Å². The largest absolute Gasteiger partial charge is 0.341 e. The van der Waals surface area contributed by atoms with Crippen LogP contribution in [0.2, 0.25) is 0 Å². The number of aromatic nitrogens is 2. The molecule has 0 atom stereocenters. The first-order valence-electron chi connectivity index (χ1n) is 4.44. The van der Waals surface area contributed by atoms with Crippen LogP contribution in [0, 0.1) is 24.1 Å². The standard InChI is InChI=1S/C11H8FN3/c1-7-14-10(6-13)11(15-7)8-4-2-3-5-9(8)12/h2-5H,1H3,(H,14,15). The van der Waals surface area contributed by atoms with Gasteiger partial charge in [0.05, 0.1) is 5.69 Å². The molecule has 0 aliphatic heterocycles. The second kappa shape index (κ2) is 3.54. The Kier molecular flexibility index (Phi) is 2.22. The summed E-state index contributed by atoms with van der Waals surface area (Å²) in [4.78, 5) is 6.84. The lowest BCUT2D eigenvalue weighted by Gasteiger charge is -1.99. The van der Waals surface area contributed by atoms with Crippen molar-refractivity contribution in [2.75, 3.05) is 0 Å². The van der Waals surface area contributed by atoms with E-state index in [9.17, 15) is 4.39 Å². The summed E-state index contributed by atoms with van der Waals surface area (Å²) in [5, 5.41) is 8.83. The highest BCUT2D eigenvalue weighted by Crippen LogP contribution is 2.23. The Morgan fingerprint density at radius 1 is 1.40 bits per heavy atom. The summed E-state index contributed by atoms with van der Waals surface area (Å²) in [5.74, 6) is 0.238. The summed E-state index contributed by atoms with van der Waals surface area (Å²) >= 11 is 0. The number of hydrogen-bond acceptors (Lipinski definition) is 2. The third-order valence-corrected chi connectivity index (χ3v) is 2.07. The van der Waals surface area contributed by atoms with Crippen molar-refractivity contribution < 1.29 is 4.39 Å². The highest BCUT2D eigenvalue weighted by atomic mass is 19.1. The topological polar surface area (TPSA) is 52.5 Å². The fourth-order valence-electron chi connectivity index (χ4n) is 1.43. The molecule has 0 aliphatic rings. The number of aryl methyl sites for hydroxylation is 1. The van der Waals surface area contributed by atoms with Gasteiger partial charge in [0, 0.05) is 5.56 Å². The number of imidazole rings is 1. The quantitative estimate of drug-likeness (QED) is 0.770. The maximum absolute atomic E-state index is 13.4. The zero-order valence-electron chi connectivity index (χ0n) is 8.08. The highest BCUT2D eigenvalue weighted by molar-refractivity contribution is 5.65. The molecule has 0 radical (unpaired) electrons. The third kappa shape index (κ3) is 1.59. The molecule has 74 valence electrons. The number of H-pyrrole nitrogens is 1. The minimum atomic E-state index is -0.363. The number of nitriles is 1. The minimum Gasteiger partial charge on any atom is -0.341 e. The first-order valence-corrected chi connectivity index (χ1v) is 4.44. The molecule has 0 unspecified atom stereocenters. The lowest BCUT2D eigenvalue weighted by atomic mass is 10.1. The smallest absolute Gasteiger partial charge is 0.166 e. The molecule has 1 aromatic heterocycles. The number of nitrogens with zero attached hydrogens (tertiary/aromatic N) is 2. The van der Waals surface area contributed by atoms with E-state index in [-0.39, 0.29) is 11.5 Å². The van der Waals surface area contributed by atoms with Crippen molar-refractivity contribution in [3.63, 3.8) is 0 Å². The van der Waals surface area contributed by atoms with Gasteiger partial charge in [-0.1, -0.05) is 12.1 Å². The number of halogens is 1.